The van der Waals surface area contributed by atoms with Gasteiger partial charge in [0.25, 0.3) is 5.91 Å². The Balaban J connectivity index is 1.48. The highest BCUT2D eigenvalue weighted by Gasteiger charge is 2.56. The number of nitrogens with zero attached hydrogens (tertiary/aromatic N) is 1. The summed E-state index contributed by atoms with van der Waals surface area (Å²) in [4.78, 5) is 39.3. The minimum Gasteiger partial charge on any atom is -0.465 e. The highest BCUT2D eigenvalue weighted by atomic mass is 19.1. The smallest absolute Gasteiger partial charge is 0.408 e. The van der Waals surface area contributed by atoms with E-state index >= 15 is 0 Å². The van der Waals surface area contributed by atoms with Gasteiger partial charge in [-0.3, -0.25) is 14.5 Å². The summed E-state index contributed by atoms with van der Waals surface area (Å²) in [5.41, 5.74) is 0.683. The van der Waals surface area contributed by atoms with Crippen LogP contribution in [0.15, 0.2) is 78.9 Å². The van der Waals surface area contributed by atoms with Crippen molar-refractivity contribution in [3.05, 3.63) is 101 Å². The average Bonchev–Trinajstić information content (AvgIpc) is 3.35. The molecule has 42 heavy (non-hydrogen) atoms. The molecule has 1 aliphatic heterocycles. The van der Waals surface area contributed by atoms with Crippen molar-refractivity contribution in [2.45, 2.75) is 70.7 Å². The van der Waals surface area contributed by atoms with Crippen LogP contribution >= 0.6 is 0 Å². The molecule has 0 radical (unpaired) electrons. The third-order valence-corrected chi connectivity index (χ3v) is 8.33. The molecule has 0 aromatic heterocycles. The number of aliphatic hydroxyl groups is 1. The fourth-order valence-electron chi connectivity index (χ4n) is 5.90. The Morgan fingerprint density at radius 2 is 1.62 bits per heavy atom. The van der Waals surface area contributed by atoms with Crippen molar-refractivity contribution < 1.29 is 29.0 Å². The number of carboxylic acid groups (broad SMARTS) is 1. The van der Waals surface area contributed by atoms with Crippen molar-refractivity contribution in [1.82, 2.24) is 10.2 Å². The van der Waals surface area contributed by atoms with Gasteiger partial charge in [-0.05, 0) is 67.0 Å². The van der Waals surface area contributed by atoms with Gasteiger partial charge in [0.05, 0.1) is 23.2 Å². The highest BCUT2D eigenvalue weighted by Crippen LogP contribution is 2.50. The van der Waals surface area contributed by atoms with Crippen LogP contribution in [0.3, 0.4) is 0 Å². The Labute approximate surface area is 245 Å². The Bertz CT molecular complexity index is 1420. The molecule has 0 saturated carbocycles. The zero-order valence-electron chi connectivity index (χ0n) is 24.3. The predicted molar refractivity (Wildman–Crippen MR) is 159 cm³/mol. The normalized spacial score (nSPS) is 20.0. The number of carbonyl (C=O) groups excluding carboxylic acids is 2. The number of carbonyl (C=O) groups is 3. The maximum atomic E-state index is 13.9. The third-order valence-electron chi connectivity index (χ3n) is 8.33. The van der Waals surface area contributed by atoms with E-state index in [1.54, 1.807) is 30.3 Å². The van der Waals surface area contributed by atoms with Gasteiger partial charge in [-0.1, -0.05) is 75.4 Å². The first-order chi connectivity index (χ1) is 19.8. The summed E-state index contributed by atoms with van der Waals surface area (Å²) in [6.07, 6.45) is -0.508. The molecule has 1 heterocycles. The van der Waals surface area contributed by atoms with Crippen molar-refractivity contribution in [2.24, 2.45) is 5.41 Å². The summed E-state index contributed by atoms with van der Waals surface area (Å²) < 4.78 is 13.9. The first-order valence-corrected chi connectivity index (χ1v) is 14.0. The molecular formula is C33H38FN3O5. The lowest BCUT2D eigenvalue weighted by atomic mass is 9.68. The second kappa shape index (κ2) is 12.3. The van der Waals surface area contributed by atoms with Crippen molar-refractivity contribution in [3.63, 3.8) is 0 Å². The van der Waals surface area contributed by atoms with Crippen LogP contribution in [0.25, 0.3) is 0 Å². The Hall–Kier alpha value is -4.24. The molecule has 1 saturated heterocycles. The van der Waals surface area contributed by atoms with Crippen molar-refractivity contribution in [3.8, 4) is 0 Å². The number of hydrogen-bond donors (Lipinski definition) is 4. The molecule has 3 aromatic rings. The molecule has 0 unspecified atom stereocenters. The van der Waals surface area contributed by atoms with Crippen LogP contribution in [0.4, 0.5) is 14.9 Å². The molecule has 3 aromatic carbocycles. The summed E-state index contributed by atoms with van der Waals surface area (Å²) >= 11 is 0. The van der Waals surface area contributed by atoms with E-state index < -0.39 is 52.9 Å². The third kappa shape index (κ3) is 6.31. The van der Waals surface area contributed by atoms with Crippen molar-refractivity contribution >= 4 is 23.6 Å². The summed E-state index contributed by atoms with van der Waals surface area (Å²) in [7, 11) is 0. The minimum absolute atomic E-state index is 0.143. The van der Waals surface area contributed by atoms with E-state index in [1.807, 2.05) is 51.1 Å². The molecule has 9 heteroatoms. The number of benzene rings is 3. The largest absolute Gasteiger partial charge is 0.465 e. The zero-order valence-corrected chi connectivity index (χ0v) is 24.3. The molecule has 0 bridgehead atoms. The zero-order chi connectivity index (χ0) is 30.7. The number of halogens is 1. The van der Waals surface area contributed by atoms with Crippen LogP contribution in [0, 0.1) is 11.2 Å². The van der Waals surface area contributed by atoms with Gasteiger partial charge in [-0.25, -0.2) is 9.18 Å². The fourth-order valence-corrected chi connectivity index (χ4v) is 5.90. The molecule has 0 spiro atoms. The maximum absolute atomic E-state index is 13.9. The lowest BCUT2D eigenvalue weighted by Crippen LogP contribution is -2.59. The van der Waals surface area contributed by atoms with Crippen LogP contribution in [0.1, 0.15) is 68.1 Å². The van der Waals surface area contributed by atoms with E-state index in [1.165, 1.54) is 30.0 Å². The first kappa shape index (κ1) is 30.7. The van der Waals surface area contributed by atoms with Gasteiger partial charge in [0.1, 0.15) is 11.9 Å². The molecule has 3 amide bonds. The fraction of sp³-hybridized carbons (Fsp3) is 0.364. The van der Waals surface area contributed by atoms with Gasteiger partial charge >= 0.3 is 6.09 Å². The average molecular weight is 576 g/mol. The predicted octanol–water partition coefficient (Wildman–Crippen LogP) is 5.79. The molecular weight excluding hydrogens is 537 g/mol. The van der Waals surface area contributed by atoms with E-state index in [4.69, 9.17) is 0 Å². The van der Waals surface area contributed by atoms with Gasteiger partial charge in [0.15, 0.2) is 0 Å². The van der Waals surface area contributed by atoms with Crippen LogP contribution in [0.5, 0.6) is 0 Å². The molecule has 8 nitrogen and oxygen atoms in total. The van der Waals surface area contributed by atoms with Crippen LogP contribution in [-0.4, -0.2) is 50.6 Å². The minimum atomic E-state index is -1.07. The van der Waals surface area contributed by atoms with Gasteiger partial charge in [0.2, 0.25) is 5.91 Å². The molecule has 4 N–H and O–H groups in total. The lowest BCUT2D eigenvalue weighted by molar-refractivity contribution is -0.117. The number of rotatable bonds is 8. The van der Waals surface area contributed by atoms with Crippen LogP contribution < -0.4 is 10.6 Å². The number of anilines is 1. The van der Waals surface area contributed by atoms with Crippen molar-refractivity contribution in [2.75, 3.05) is 5.32 Å². The summed E-state index contributed by atoms with van der Waals surface area (Å²) in [6.45, 7) is 7.57. The number of amides is 3. The monoisotopic (exact) mass is 575 g/mol. The van der Waals surface area contributed by atoms with Gasteiger partial charge < -0.3 is 20.8 Å². The molecule has 4 rings (SSSR count). The quantitative estimate of drug-likeness (QED) is 0.271. The van der Waals surface area contributed by atoms with E-state index in [9.17, 15) is 29.0 Å². The van der Waals surface area contributed by atoms with Crippen LogP contribution in [0.2, 0.25) is 0 Å². The second-order valence-corrected chi connectivity index (χ2v) is 11.9. The van der Waals surface area contributed by atoms with Gasteiger partial charge in [0, 0.05) is 5.69 Å². The Kier molecular flexibility index (Phi) is 9.01. The molecule has 1 fully saturated rings. The van der Waals surface area contributed by atoms with Gasteiger partial charge in [-0.2, -0.15) is 0 Å². The number of hydrogen-bond acceptors (Lipinski definition) is 4. The first-order valence-electron chi connectivity index (χ1n) is 14.0. The standard InChI is InChI=1S/C33H38FN3O5/c1-21(35-30(40)25-12-8-9-13-26(25)34)29(39)36-24-16-14-22(15-17-24)20-33(32(2,3)4)19-18-27(37(33)31(41)42)28(38)23-10-6-5-7-11-23/h5-17,21,27-28,38H,18-20H2,1-4H3,(H,35,40)(H,36,39)(H,41,42)/t21-,27+,28+,33-/m0/s1. The maximum Gasteiger partial charge on any atom is 0.408 e. The summed E-state index contributed by atoms with van der Waals surface area (Å²) in [6, 6.07) is 20.3. The molecule has 1 aliphatic rings. The van der Waals surface area contributed by atoms with E-state index in [0.717, 1.165) is 5.56 Å². The molecule has 4 atom stereocenters. The SMILES string of the molecule is C[C@H](NC(=O)c1ccccc1F)C(=O)Nc1ccc(C[C@]2(C(C)(C)C)CC[C@H]([C@H](O)c3ccccc3)N2C(=O)O)cc1. The molecule has 222 valence electrons. The number of likely N-dealkylation sites (tertiary alicyclic amines) is 1. The Morgan fingerprint density at radius 3 is 2.21 bits per heavy atom. The summed E-state index contributed by atoms with van der Waals surface area (Å²) in [5, 5.41) is 26.9. The highest BCUT2D eigenvalue weighted by molar-refractivity contribution is 6.01. The number of nitrogens with one attached hydrogen (secondary N) is 2. The Morgan fingerprint density at radius 1 is 1.00 bits per heavy atom. The topological polar surface area (TPSA) is 119 Å². The lowest BCUT2D eigenvalue weighted by Gasteiger charge is -2.49. The summed E-state index contributed by atoms with van der Waals surface area (Å²) in [5.74, 6) is -1.83. The van der Waals surface area contributed by atoms with E-state index in [-0.39, 0.29) is 5.56 Å². The van der Waals surface area contributed by atoms with E-state index in [2.05, 4.69) is 10.6 Å². The second-order valence-electron chi connectivity index (χ2n) is 11.9. The van der Waals surface area contributed by atoms with E-state index in [0.29, 0.717) is 30.5 Å². The molecule has 0 aliphatic carbocycles. The van der Waals surface area contributed by atoms with Crippen molar-refractivity contribution in [1.29, 1.82) is 0 Å². The number of aliphatic hydroxyl groups excluding tert-OH is 1. The van der Waals surface area contributed by atoms with Gasteiger partial charge in [-0.15, -0.1) is 0 Å². The van der Waals surface area contributed by atoms with Crippen LogP contribution in [-0.2, 0) is 11.2 Å².